The first-order valence-electron chi connectivity index (χ1n) is 7.77. The molecule has 0 heterocycles. The van der Waals surface area contributed by atoms with Gasteiger partial charge in [-0.3, -0.25) is 0 Å². The highest BCUT2D eigenvalue weighted by Crippen LogP contribution is 2.29. The number of anilines is 1. The summed E-state index contributed by atoms with van der Waals surface area (Å²) in [7, 11) is 3.12. The molecule has 0 aliphatic heterocycles. The van der Waals surface area contributed by atoms with Crippen LogP contribution in [0.5, 0.6) is 17.2 Å². The molecule has 3 N–H and O–H groups in total. The third-order valence-electron chi connectivity index (χ3n) is 3.38. The molecule has 2 rings (SSSR count). The van der Waals surface area contributed by atoms with E-state index in [1.165, 1.54) is 6.07 Å². The van der Waals surface area contributed by atoms with Crippen molar-refractivity contribution in [2.24, 2.45) is 10.7 Å². The van der Waals surface area contributed by atoms with Gasteiger partial charge in [0.05, 0.1) is 27.4 Å². The fourth-order valence-electron chi connectivity index (χ4n) is 2.19. The van der Waals surface area contributed by atoms with E-state index in [4.69, 9.17) is 19.9 Å². The largest absolute Gasteiger partial charge is 0.493 e. The van der Waals surface area contributed by atoms with Gasteiger partial charge in [-0.25, -0.2) is 9.38 Å². The fourth-order valence-corrected chi connectivity index (χ4v) is 2.19. The molecule has 134 valence electrons. The summed E-state index contributed by atoms with van der Waals surface area (Å²) >= 11 is 0. The topological polar surface area (TPSA) is 78.1 Å². The van der Waals surface area contributed by atoms with E-state index in [2.05, 4.69) is 10.3 Å². The zero-order valence-electron chi connectivity index (χ0n) is 14.5. The van der Waals surface area contributed by atoms with Crippen LogP contribution in [0.2, 0.25) is 0 Å². The van der Waals surface area contributed by atoms with E-state index in [9.17, 15) is 4.39 Å². The van der Waals surface area contributed by atoms with E-state index in [-0.39, 0.29) is 18.3 Å². The maximum absolute atomic E-state index is 13.8. The second-order valence-corrected chi connectivity index (χ2v) is 5.09. The minimum Gasteiger partial charge on any atom is -0.493 e. The smallest absolute Gasteiger partial charge is 0.193 e. The van der Waals surface area contributed by atoms with Crippen molar-refractivity contribution in [2.75, 3.05) is 26.1 Å². The SMILES string of the molecule is CCOc1ccc(CN=C(N)Nc2ccc(OC)c(OC)c2)cc1F. The van der Waals surface area contributed by atoms with Crippen LogP contribution in [-0.2, 0) is 6.54 Å². The number of ether oxygens (including phenoxy) is 3. The lowest BCUT2D eigenvalue weighted by atomic mass is 10.2. The average molecular weight is 347 g/mol. The number of rotatable bonds is 7. The first kappa shape index (κ1) is 18.4. The number of hydrogen-bond acceptors (Lipinski definition) is 4. The van der Waals surface area contributed by atoms with Crippen LogP contribution in [0.25, 0.3) is 0 Å². The number of nitrogens with one attached hydrogen (secondary N) is 1. The molecule has 0 bridgehead atoms. The Bertz CT molecular complexity index is 750. The second kappa shape index (κ2) is 8.77. The van der Waals surface area contributed by atoms with Crippen molar-refractivity contribution < 1.29 is 18.6 Å². The summed E-state index contributed by atoms with van der Waals surface area (Å²) in [4.78, 5) is 4.21. The Labute approximate surface area is 146 Å². The summed E-state index contributed by atoms with van der Waals surface area (Å²) in [6.07, 6.45) is 0. The molecule has 0 saturated heterocycles. The van der Waals surface area contributed by atoms with E-state index in [1.54, 1.807) is 51.5 Å². The summed E-state index contributed by atoms with van der Waals surface area (Å²) < 4.78 is 29.4. The van der Waals surface area contributed by atoms with Gasteiger partial charge in [0.2, 0.25) is 0 Å². The van der Waals surface area contributed by atoms with Gasteiger partial charge in [-0.05, 0) is 36.8 Å². The standard InChI is InChI=1S/C18H22FN3O3/c1-4-25-15-7-5-12(9-14(15)19)11-21-18(20)22-13-6-8-16(23-2)17(10-13)24-3/h5-10H,4,11H2,1-3H3,(H3,20,21,22). The lowest BCUT2D eigenvalue weighted by Gasteiger charge is -2.11. The quantitative estimate of drug-likeness (QED) is 0.594. The van der Waals surface area contributed by atoms with Gasteiger partial charge in [0.25, 0.3) is 0 Å². The van der Waals surface area contributed by atoms with Crippen molar-refractivity contribution in [2.45, 2.75) is 13.5 Å². The molecular weight excluding hydrogens is 325 g/mol. The molecule has 7 heteroatoms. The van der Waals surface area contributed by atoms with Crippen molar-refractivity contribution in [3.05, 3.63) is 47.8 Å². The Hall–Kier alpha value is -2.96. The van der Waals surface area contributed by atoms with E-state index in [0.29, 0.717) is 29.4 Å². The predicted molar refractivity (Wildman–Crippen MR) is 96.1 cm³/mol. The molecule has 0 fully saturated rings. The molecule has 25 heavy (non-hydrogen) atoms. The van der Waals surface area contributed by atoms with Crippen LogP contribution in [0.4, 0.5) is 10.1 Å². The van der Waals surface area contributed by atoms with Crippen molar-refractivity contribution in [1.29, 1.82) is 0 Å². The van der Waals surface area contributed by atoms with Crippen LogP contribution < -0.4 is 25.3 Å². The third-order valence-corrected chi connectivity index (χ3v) is 3.38. The first-order chi connectivity index (χ1) is 12.1. The molecule has 0 radical (unpaired) electrons. The monoisotopic (exact) mass is 347 g/mol. The maximum Gasteiger partial charge on any atom is 0.193 e. The summed E-state index contributed by atoms with van der Waals surface area (Å²) in [6.45, 7) is 2.46. The van der Waals surface area contributed by atoms with Gasteiger partial charge in [0, 0.05) is 11.8 Å². The molecule has 2 aromatic carbocycles. The zero-order valence-corrected chi connectivity index (χ0v) is 14.5. The Morgan fingerprint density at radius 2 is 1.80 bits per heavy atom. The van der Waals surface area contributed by atoms with Crippen LogP contribution in [0.3, 0.4) is 0 Å². The summed E-state index contributed by atoms with van der Waals surface area (Å²) in [5.74, 6) is 1.22. The van der Waals surface area contributed by atoms with E-state index in [0.717, 1.165) is 0 Å². The number of nitrogens with zero attached hydrogens (tertiary/aromatic N) is 1. The van der Waals surface area contributed by atoms with Crippen molar-refractivity contribution in [1.82, 2.24) is 0 Å². The highest BCUT2D eigenvalue weighted by molar-refractivity contribution is 5.92. The zero-order chi connectivity index (χ0) is 18.2. The average Bonchev–Trinajstić information content (AvgIpc) is 2.62. The molecule has 0 saturated carbocycles. The number of guanidine groups is 1. The van der Waals surface area contributed by atoms with Gasteiger partial charge >= 0.3 is 0 Å². The molecule has 0 amide bonds. The summed E-state index contributed by atoms with van der Waals surface area (Å²) in [5, 5.41) is 2.96. The first-order valence-corrected chi connectivity index (χ1v) is 7.77. The van der Waals surface area contributed by atoms with Crippen molar-refractivity contribution >= 4 is 11.6 Å². The summed E-state index contributed by atoms with van der Waals surface area (Å²) in [5.41, 5.74) is 7.28. The van der Waals surface area contributed by atoms with Gasteiger partial charge in [-0.1, -0.05) is 6.07 Å². The normalized spacial score (nSPS) is 11.1. The number of halogens is 1. The minimum absolute atomic E-state index is 0.210. The Morgan fingerprint density at radius 1 is 1.08 bits per heavy atom. The lowest BCUT2D eigenvalue weighted by molar-refractivity contribution is 0.321. The van der Waals surface area contributed by atoms with Crippen LogP contribution in [0.15, 0.2) is 41.4 Å². The van der Waals surface area contributed by atoms with Crippen LogP contribution >= 0.6 is 0 Å². The van der Waals surface area contributed by atoms with E-state index in [1.807, 2.05) is 0 Å². The van der Waals surface area contributed by atoms with Crippen LogP contribution in [0, 0.1) is 5.82 Å². The maximum atomic E-state index is 13.8. The Morgan fingerprint density at radius 3 is 2.44 bits per heavy atom. The molecule has 0 aromatic heterocycles. The lowest BCUT2D eigenvalue weighted by Crippen LogP contribution is -2.22. The number of benzene rings is 2. The van der Waals surface area contributed by atoms with Crippen molar-refractivity contribution in [3.8, 4) is 17.2 Å². The molecule has 0 unspecified atom stereocenters. The number of hydrogen-bond donors (Lipinski definition) is 2. The number of nitrogens with two attached hydrogens (primary N) is 1. The van der Waals surface area contributed by atoms with Gasteiger partial charge < -0.3 is 25.3 Å². The molecule has 0 aliphatic rings. The second-order valence-electron chi connectivity index (χ2n) is 5.09. The molecule has 6 nitrogen and oxygen atoms in total. The minimum atomic E-state index is -0.416. The predicted octanol–water partition coefficient (Wildman–Crippen LogP) is 3.17. The molecular formula is C18H22FN3O3. The van der Waals surface area contributed by atoms with Gasteiger partial charge in [-0.15, -0.1) is 0 Å². The molecule has 0 atom stereocenters. The highest BCUT2D eigenvalue weighted by Gasteiger charge is 2.06. The number of methoxy groups -OCH3 is 2. The van der Waals surface area contributed by atoms with Crippen LogP contribution in [0.1, 0.15) is 12.5 Å². The molecule has 0 aliphatic carbocycles. The Kier molecular flexibility index (Phi) is 6.45. The number of aliphatic imine (C=N–C) groups is 1. The third kappa shape index (κ3) is 5.00. The fraction of sp³-hybridized carbons (Fsp3) is 0.278. The van der Waals surface area contributed by atoms with Gasteiger partial charge in [0.1, 0.15) is 0 Å². The van der Waals surface area contributed by atoms with Crippen molar-refractivity contribution in [3.63, 3.8) is 0 Å². The van der Waals surface area contributed by atoms with Gasteiger partial charge in [-0.2, -0.15) is 0 Å². The van der Waals surface area contributed by atoms with E-state index < -0.39 is 5.82 Å². The Balaban J connectivity index is 2.03. The van der Waals surface area contributed by atoms with Gasteiger partial charge in [0.15, 0.2) is 29.0 Å². The molecule has 0 spiro atoms. The molecule has 2 aromatic rings. The highest BCUT2D eigenvalue weighted by atomic mass is 19.1. The summed E-state index contributed by atoms with van der Waals surface area (Å²) in [6, 6.07) is 10.0. The van der Waals surface area contributed by atoms with E-state index >= 15 is 0 Å². The van der Waals surface area contributed by atoms with Crippen LogP contribution in [-0.4, -0.2) is 26.8 Å².